The van der Waals surface area contributed by atoms with Crippen molar-refractivity contribution in [2.45, 2.75) is 53.4 Å². The number of likely N-dealkylation sites (N-methyl/N-ethyl adjacent to an activating group) is 1. The number of rotatable bonds is 12. The van der Waals surface area contributed by atoms with E-state index in [9.17, 15) is 14.4 Å². The Morgan fingerprint density at radius 2 is 1.66 bits per heavy atom. The lowest BCUT2D eigenvalue weighted by atomic mass is 9.86. The van der Waals surface area contributed by atoms with Crippen molar-refractivity contribution < 1.29 is 19.1 Å². The lowest BCUT2D eigenvalue weighted by Crippen LogP contribution is -2.30. The molecule has 0 aliphatic carbocycles. The molecule has 8 nitrogen and oxygen atoms in total. The second-order valence-electron chi connectivity index (χ2n) is 11.6. The van der Waals surface area contributed by atoms with Gasteiger partial charge in [0, 0.05) is 44.6 Å². The van der Waals surface area contributed by atoms with Crippen molar-refractivity contribution >= 4 is 34.7 Å². The Balaban J connectivity index is 1.84. The van der Waals surface area contributed by atoms with Gasteiger partial charge in [0.2, 0.25) is 0 Å². The fraction of sp³-hybridized carbons (Fsp3) is 0.333. The van der Waals surface area contributed by atoms with E-state index in [-0.39, 0.29) is 23.0 Å². The molecule has 2 amide bonds. The van der Waals surface area contributed by atoms with Crippen LogP contribution in [0.4, 0.5) is 11.5 Å². The highest BCUT2D eigenvalue weighted by Gasteiger charge is 2.17. The molecule has 8 heteroatoms. The average Bonchev–Trinajstić information content (AvgIpc) is 3.02. The van der Waals surface area contributed by atoms with Crippen LogP contribution in [0.15, 0.2) is 78.6 Å². The van der Waals surface area contributed by atoms with Crippen molar-refractivity contribution in [3.63, 3.8) is 0 Å². The topological polar surface area (TPSA) is 101 Å². The normalized spacial score (nSPS) is 12.1. The van der Waals surface area contributed by atoms with Crippen LogP contribution in [0.5, 0.6) is 0 Å². The van der Waals surface area contributed by atoms with E-state index < -0.39 is 0 Å². The first-order chi connectivity index (χ1) is 20.9. The number of nitrogens with one attached hydrogen (secondary N) is 2. The van der Waals surface area contributed by atoms with Crippen molar-refractivity contribution in [3.8, 4) is 0 Å². The lowest BCUT2D eigenvalue weighted by molar-refractivity contribution is -0.115. The largest absolute Gasteiger partial charge is 0.383 e. The Bertz CT molecular complexity index is 1530. The van der Waals surface area contributed by atoms with E-state index in [0.717, 1.165) is 22.3 Å². The average molecular weight is 597 g/mol. The Labute approximate surface area is 261 Å². The highest BCUT2D eigenvalue weighted by Crippen LogP contribution is 2.28. The molecule has 0 spiro atoms. The summed E-state index contributed by atoms with van der Waals surface area (Å²) in [6.45, 7) is 13.0. The van der Waals surface area contributed by atoms with Gasteiger partial charge in [0.25, 0.3) is 11.8 Å². The van der Waals surface area contributed by atoms with Gasteiger partial charge in [-0.05, 0) is 77.9 Å². The number of pyridine rings is 1. The van der Waals surface area contributed by atoms with Gasteiger partial charge in [0.05, 0.1) is 17.9 Å². The number of carbonyl (C=O) groups is 3. The molecular weight excluding hydrogens is 552 g/mol. The fourth-order valence-corrected chi connectivity index (χ4v) is 4.53. The number of ketones is 1. The molecule has 0 unspecified atom stereocenters. The third kappa shape index (κ3) is 8.74. The molecule has 0 radical (unpaired) electrons. The minimum atomic E-state index is -0.190. The maximum absolute atomic E-state index is 13.1. The maximum atomic E-state index is 13.1. The van der Waals surface area contributed by atoms with E-state index in [1.54, 1.807) is 44.2 Å². The highest BCUT2D eigenvalue weighted by molar-refractivity contribution is 6.05. The monoisotopic (exact) mass is 596 g/mol. The van der Waals surface area contributed by atoms with Crippen LogP contribution >= 0.6 is 0 Å². The number of amides is 2. The van der Waals surface area contributed by atoms with Gasteiger partial charge in [0.15, 0.2) is 5.78 Å². The van der Waals surface area contributed by atoms with Gasteiger partial charge in [-0.15, -0.1) is 0 Å². The Morgan fingerprint density at radius 1 is 0.977 bits per heavy atom. The third-order valence-corrected chi connectivity index (χ3v) is 7.39. The van der Waals surface area contributed by atoms with Crippen molar-refractivity contribution in [2.75, 3.05) is 37.9 Å². The summed E-state index contributed by atoms with van der Waals surface area (Å²) in [6.07, 6.45) is 5.50. The van der Waals surface area contributed by atoms with Gasteiger partial charge < -0.3 is 20.3 Å². The van der Waals surface area contributed by atoms with Crippen molar-refractivity contribution in [3.05, 3.63) is 106 Å². The first-order valence-corrected chi connectivity index (χ1v) is 14.8. The third-order valence-electron chi connectivity index (χ3n) is 7.39. The van der Waals surface area contributed by atoms with Crippen molar-refractivity contribution in [2.24, 2.45) is 0 Å². The summed E-state index contributed by atoms with van der Waals surface area (Å²) in [5.74, 6) is -0.00186. The zero-order chi connectivity index (χ0) is 32.4. The maximum Gasteiger partial charge on any atom is 0.255 e. The molecule has 3 aromatic rings. The molecule has 3 rings (SSSR count). The molecule has 0 saturated carbocycles. The number of hydrogen-bond donors (Lipinski definition) is 2. The summed E-state index contributed by atoms with van der Waals surface area (Å²) < 4.78 is 5.05. The zero-order valence-corrected chi connectivity index (χ0v) is 27.1. The number of aromatic nitrogens is 1. The summed E-state index contributed by atoms with van der Waals surface area (Å²) in [7, 11) is 3.30. The van der Waals surface area contributed by atoms with Gasteiger partial charge in [-0.1, -0.05) is 58.0 Å². The van der Waals surface area contributed by atoms with E-state index in [2.05, 4.69) is 36.4 Å². The summed E-state index contributed by atoms with van der Waals surface area (Å²) in [5.41, 5.74) is 5.81. The molecule has 0 aliphatic heterocycles. The first kappa shape index (κ1) is 33.9. The van der Waals surface area contributed by atoms with Crippen LogP contribution in [0.25, 0.3) is 5.57 Å². The molecule has 0 bridgehead atoms. The molecule has 1 aromatic heterocycles. The standard InChI is InChI=1S/C36H44N4O4/c1-9-25(22-31(32(41)10-2)38-33-19-16-27(23-37-33)35(43)40(7)20-21-44-8)29-12-11-13-30(24(29)3)39-34(42)26-14-17-28(18-15-26)36(4,5)6/h9,11-19,22-23H,10,20-21H2,1-8H3,(H,37,38)(H,39,42)/b25-9+,31-22+. The molecule has 2 aromatic carbocycles. The van der Waals surface area contributed by atoms with Crippen LogP contribution in [0, 0.1) is 6.92 Å². The molecule has 0 atom stereocenters. The van der Waals surface area contributed by atoms with E-state index in [0.29, 0.717) is 47.9 Å². The van der Waals surface area contributed by atoms with Crippen LogP contribution in [0.3, 0.4) is 0 Å². The van der Waals surface area contributed by atoms with E-state index in [1.165, 1.54) is 6.20 Å². The second-order valence-corrected chi connectivity index (χ2v) is 11.6. The molecule has 2 N–H and O–H groups in total. The molecule has 0 saturated heterocycles. The predicted octanol–water partition coefficient (Wildman–Crippen LogP) is 7.04. The summed E-state index contributed by atoms with van der Waals surface area (Å²) in [6, 6.07) is 16.7. The molecule has 44 heavy (non-hydrogen) atoms. The minimum Gasteiger partial charge on any atom is -0.383 e. The second kappa shape index (κ2) is 15.3. The number of hydrogen-bond acceptors (Lipinski definition) is 6. The highest BCUT2D eigenvalue weighted by atomic mass is 16.5. The summed E-state index contributed by atoms with van der Waals surface area (Å²) in [5, 5.41) is 6.19. The molecule has 1 heterocycles. The van der Waals surface area contributed by atoms with E-state index in [1.807, 2.05) is 62.4 Å². The first-order valence-electron chi connectivity index (χ1n) is 14.8. The van der Waals surface area contributed by atoms with Crippen LogP contribution < -0.4 is 10.6 Å². The van der Waals surface area contributed by atoms with Crippen LogP contribution in [0.2, 0.25) is 0 Å². The Kier molecular flexibility index (Phi) is 11.8. The number of allylic oxidation sites excluding steroid dienone is 4. The van der Waals surface area contributed by atoms with Gasteiger partial charge in [-0.2, -0.15) is 0 Å². The number of benzene rings is 2. The SMILES string of the molecule is C/C=C(\C=C(\Nc1ccc(C(=O)N(C)CCOC)cn1)C(=O)CC)c1cccc(NC(=O)c2ccc(C(C)(C)C)cc2)c1C. The molecule has 0 aliphatic rings. The summed E-state index contributed by atoms with van der Waals surface area (Å²) >= 11 is 0. The number of carbonyl (C=O) groups excluding carboxylic acids is 3. The number of methoxy groups -OCH3 is 1. The molecular formula is C36H44N4O4. The van der Waals surface area contributed by atoms with Gasteiger partial charge in [0.1, 0.15) is 5.82 Å². The molecule has 232 valence electrons. The smallest absolute Gasteiger partial charge is 0.255 e. The van der Waals surface area contributed by atoms with Crippen LogP contribution in [0.1, 0.15) is 78.4 Å². The number of nitrogens with zero attached hydrogens (tertiary/aromatic N) is 2. The number of Topliss-reactive ketones (excluding diaryl/α,β-unsaturated/α-hetero) is 1. The molecule has 0 fully saturated rings. The zero-order valence-electron chi connectivity index (χ0n) is 27.1. The van der Waals surface area contributed by atoms with E-state index >= 15 is 0 Å². The number of ether oxygens (including phenoxy) is 1. The van der Waals surface area contributed by atoms with Crippen LogP contribution in [-0.4, -0.2) is 54.8 Å². The predicted molar refractivity (Wildman–Crippen MR) is 178 cm³/mol. The van der Waals surface area contributed by atoms with Gasteiger partial charge in [-0.25, -0.2) is 4.98 Å². The number of anilines is 2. The Hall–Kier alpha value is -4.56. The lowest BCUT2D eigenvalue weighted by Gasteiger charge is -2.19. The van der Waals surface area contributed by atoms with Gasteiger partial charge >= 0.3 is 0 Å². The minimum absolute atomic E-state index is 0.00284. The van der Waals surface area contributed by atoms with Crippen molar-refractivity contribution in [1.82, 2.24) is 9.88 Å². The van der Waals surface area contributed by atoms with Gasteiger partial charge in [-0.3, -0.25) is 14.4 Å². The van der Waals surface area contributed by atoms with Crippen molar-refractivity contribution in [1.29, 1.82) is 0 Å². The summed E-state index contributed by atoms with van der Waals surface area (Å²) in [4.78, 5) is 44.7. The Morgan fingerprint density at radius 3 is 2.23 bits per heavy atom. The van der Waals surface area contributed by atoms with E-state index in [4.69, 9.17) is 4.74 Å². The quantitative estimate of drug-likeness (QED) is 0.172. The fourth-order valence-electron chi connectivity index (χ4n) is 4.53. The van der Waals surface area contributed by atoms with Crippen LogP contribution in [-0.2, 0) is 14.9 Å².